The molecule has 0 heterocycles. The fourth-order valence-corrected chi connectivity index (χ4v) is 2.84. The molecular formula is C17H21NOS. The Balaban J connectivity index is 1.99. The molecule has 0 amide bonds. The molecule has 1 N–H and O–H groups in total. The highest BCUT2D eigenvalue weighted by Crippen LogP contribution is 2.34. The minimum Gasteiger partial charge on any atom is -0.496 e. The number of hydrogen-bond donors (Lipinski definition) is 1. The van der Waals surface area contributed by atoms with Crippen LogP contribution >= 0.6 is 11.8 Å². The van der Waals surface area contributed by atoms with Crippen LogP contribution in [-0.2, 0) is 6.54 Å². The molecule has 0 bridgehead atoms. The number of rotatable bonds is 7. The van der Waals surface area contributed by atoms with Crippen molar-refractivity contribution in [3.8, 4) is 5.75 Å². The molecular weight excluding hydrogens is 266 g/mol. The van der Waals surface area contributed by atoms with Crippen molar-refractivity contribution in [2.24, 2.45) is 0 Å². The van der Waals surface area contributed by atoms with Gasteiger partial charge in [-0.05, 0) is 42.8 Å². The molecule has 0 saturated heterocycles. The lowest BCUT2D eigenvalue weighted by atomic mass is 10.2. The van der Waals surface area contributed by atoms with Crippen LogP contribution in [0.4, 0.5) is 0 Å². The molecule has 2 rings (SSSR count). The summed E-state index contributed by atoms with van der Waals surface area (Å²) in [4.78, 5) is 2.38. The zero-order valence-corrected chi connectivity index (χ0v) is 12.9. The highest BCUT2D eigenvalue weighted by atomic mass is 32.2. The summed E-state index contributed by atoms with van der Waals surface area (Å²) in [6.07, 6.45) is 1.17. The molecule has 0 saturated carbocycles. The summed E-state index contributed by atoms with van der Waals surface area (Å²) in [5.74, 6) is 0.922. The van der Waals surface area contributed by atoms with Gasteiger partial charge in [0.2, 0.25) is 0 Å². The first-order valence-electron chi connectivity index (χ1n) is 6.94. The first-order valence-corrected chi connectivity index (χ1v) is 7.75. The van der Waals surface area contributed by atoms with Crippen molar-refractivity contribution >= 4 is 11.8 Å². The highest BCUT2D eigenvalue weighted by molar-refractivity contribution is 7.99. The van der Waals surface area contributed by atoms with E-state index >= 15 is 0 Å². The van der Waals surface area contributed by atoms with Crippen LogP contribution in [-0.4, -0.2) is 13.7 Å². The summed E-state index contributed by atoms with van der Waals surface area (Å²) in [7, 11) is 1.71. The van der Waals surface area contributed by atoms with Crippen molar-refractivity contribution in [1.82, 2.24) is 5.32 Å². The monoisotopic (exact) mass is 287 g/mol. The molecule has 3 heteroatoms. The van der Waals surface area contributed by atoms with E-state index in [1.54, 1.807) is 18.9 Å². The van der Waals surface area contributed by atoms with Gasteiger partial charge in [0.05, 0.1) is 12.0 Å². The van der Waals surface area contributed by atoms with Crippen molar-refractivity contribution in [2.45, 2.75) is 29.7 Å². The van der Waals surface area contributed by atoms with E-state index in [0.29, 0.717) is 0 Å². The fraction of sp³-hybridized carbons (Fsp3) is 0.294. The van der Waals surface area contributed by atoms with Crippen molar-refractivity contribution < 1.29 is 4.74 Å². The van der Waals surface area contributed by atoms with Gasteiger partial charge in [0.25, 0.3) is 0 Å². The molecule has 20 heavy (non-hydrogen) atoms. The van der Waals surface area contributed by atoms with Crippen LogP contribution in [0.25, 0.3) is 0 Å². The Morgan fingerprint density at radius 3 is 2.50 bits per heavy atom. The van der Waals surface area contributed by atoms with Gasteiger partial charge in [0, 0.05) is 11.4 Å². The van der Waals surface area contributed by atoms with Gasteiger partial charge in [0.15, 0.2) is 0 Å². The summed E-state index contributed by atoms with van der Waals surface area (Å²) in [5, 5.41) is 3.41. The lowest BCUT2D eigenvalue weighted by Gasteiger charge is -2.08. The Morgan fingerprint density at radius 1 is 1.05 bits per heavy atom. The standard InChI is InChI=1S/C17H21NOS/c1-3-12-18-13-14-8-10-15(11-9-14)20-17-7-5-4-6-16(17)19-2/h4-11,18H,3,12-13H2,1-2H3. The van der Waals surface area contributed by atoms with E-state index in [2.05, 4.69) is 42.6 Å². The van der Waals surface area contributed by atoms with Gasteiger partial charge in [-0.15, -0.1) is 0 Å². The summed E-state index contributed by atoms with van der Waals surface area (Å²) in [6, 6.07) is 16.8. The van der Waals surface area contributed by atoms with Crippen LogP contribution in [0.1, 0.15) is 18.9 Å². The number of methoxy groups -OCH3 is 1. The minimum absolute atomic E-state index is 0.922. The molecule has 0 aliphatic heterocycles. The topological polar surface area (TPSA) is 21.3 Å². The van der Waals surface area contributed by atoms with Gasteiger partial charge in [-0.25, -0.2) is 0 Å². The Bertz CT molecular complexity index is 525. The van der Waals surface area contributed by atoms with Crippen molar-refractivity contribution in [1.29, 1.82) is 0 Å². The molecule has 2 aromatic carbocycles. The van der Waals surface area contributed by atoms with E-state index in [0.717, 1.165) is 23.7 Å². The van der Waals surface area contributed by atoms with Gasteiger partial charge in [-0.3, -0.25) is 0 Å². The van der Waals surface area contributed by atoms with Crippen LogP contribution in [0, 0.1) is 0 Å². The van der Waals surface area contributed by atoms with E-state index in [1.807, 2.05) is 18.2 Å². The molecule has 2 aromatic rings. The second-order valence-electron chi connectivity index (χ2n) is 4.57. The third-order valence-corrected chi connectivity index (χ3v) is 4.04. The number of ether oxygens (including phenoxy) is 1. The number of hydrogen-bond acceptors (Lipinski definition) is 3. The highest BCUT2D eigenvalue weighted by Gasteiger charge is 2.03. The maximum absolute atomic E-state index is 5.38. The summed E-state index contributed by atoms with van der Waals surface area (Å²) in [6.45, 7) is 4.19. The van der Waals surface area contributed by atoms with Crippen molar-refractivity contribution in [3.63, 3.8) is 0 Å². The molecule has 0 unspecified atom stereocenters. The third-order valence-electron chi connectivity index (χ3n) is 2.98. The number of para-hydroxylation sites is 1. The smallest absolute Gasteiger partial charge is 0.132 e. The van der Waals surface area contributed by atoms with Crippen molar-refractivity contribution in [2.75, 3.05) is 13.7 Å². The quantitative estimate of drug-likeness (QED) is 0.765. The van der Waals surface area contributed by atoms with Crippen LogP contribution in [0.2, 0.25) is 0 Å². The van der Waals surface area contributed by atoms with E-state index in [4.69, 9.17) is 4.74 Å². The maximum Gasteiger partial charge on any atom is 0.132 e. The van der Waals surface area contributed by atoms with E-state index in [9.17, 15) is 0 Å². The zero-order chi connectivity index (χ0) is 14.2. The van der Waals surface area contributed by atoms with Crippen LogP contribution < -0.4 is 10.1 Å². The molecule has 0 aromatic heterocycles. The van der Waals surface area contributed by atoms with E-state index in [-0.39, 0.29) is 0 Å². The predicted molar refractivity (Wildman–Crippen MR) is 85.6 cm³/mol. The lowest BCUT2D eigenvalue weighted by molar-refractivity contribution is 0.405. The molecule has 2 nitrogen and oxygen atoms in total. The van der Waals surface area contributed by atoms with Gasteiger partial charge < -0.3 is 10.1 Å². The molecule has 0 spiro atoms. The Labute approximate surface area is 125 Å². The second-order valence-corrected chi connectivity index (χ2v) is 5.69. The summed E-state index contributed by atoms with van der Waals surface area (Å²) < 4.78 is 5.38. The van der Waals surface area contributed by atoms with Gasteiger partial charge in [0.1, 0.15) is 5.75 Å². The summed E-state index contributed by atoms with van der Waals surface area (Å²) >= 11 is 1.73. The zero-order valence-electron chi connectivity index (χ0n) is 12.1. The summed E-state index contributed by atoms with van der Waals surface area (Å²) in [5.41, 5.74) is 1.32. The van der Waals surface area contributed by atoms with Gasteiger partial charge in [-0.2, -0.15) is 0 Å². The average Bonchev–Trinajstić information content (AvgIpc) is 2.50. The maximum atomic E-state index is 5.38. The SMILES string of the molecule is CCCNCc1ccc(Sc2ccccc2OC)cc1. The van der Waals surface area contributed by atoms with E-state index in [1.165, 1.54) is 16.9 Å². The first-order chi connectivity index (χ1) is 9.83. The fourth-order valence-electron chi connectivity index (χ4n) is 1.91. The third kappa shape index (κ3) is 4.29. The lowest BCUT2D eigenvalue weighted by Crippen LogP contribution is -2.13. The average molecular weight is 287 g/mol. The normalized spacial score (nSPS) is 10.5. The molecule has 0 aliphatic rings. The number of benzene rings is 2. The largest absolute Gasteiger partial charge is 0.496 e. The minimum atomic E-state index is 0.922. The molecule has 0 atom stereocenters. The van der Waals surface area contributed by atoms with Crippen LogP contribution in [0.5, 0.6) is 5.75 Å². The van der Waals surface area contributed by atoms with E-state index < -0.39 is 0 Å². The van der Waals surface area contributed by atoms with Gasteiger partial charge in [-0.1, -0.05) is 43.0 Å². The van der Waals surface area contributed by atoms with Gasteiger partial charge >= 0.3 is 0 Å². The van der Waals surface area contributed by atoms with Crippen molar-refractivity contribution in [3.05, 3.63) is 54.1 Å². The number of nitrogens with one attached hydrogen (secondary N) is 1. The molecule has 0 aliphatic carbocycles. The Kier molecular flexibility index (Phi) is 5.96. The first kappa shape index (κ1) is 14.9. The molecule has 0 radical (unpaired) electrons. The molecule has 106 valence electrons. The predicted octanol–water partition coefficient (Wildman–Crippen LogP) is 4.35. The van der Waals surface area contributed by atoms with Crippen LogP contribution in [0.3, 0.4) is 0 Å². The Hall–Kier alpha value is -1.45. The van der Waals surface area contributed by atoms with Crippen LogP contribution in [0.15, 0.2) is 58.3 Å². The Morgan fingerprint density at radius 2 is 1.80 bits per heavy atom. The second kappa shape index (κ2) is 7.98. The molecule has 0 fully saturated rings.